The van der Waals surface area contributed by atoms with Crippen LogP contribution in [-0.4, -0.2) is 58.1 Å². The Morgan fingerprint density at radius 3 is 1.31 bits per heavy atom. The van der Waals surface area contributed by atoms with Gasteiger partial charge in [0.1, 0.15) is 0 Å². The van der Waals surface area contributed by atoms with Crippen molar-refractivity contribution in [1.82, 2.24) is 19.6 Å². The number of piperidine rings is 3. The predicted octanol–water partition coefficient (Wildman–Crippen LogP) is 0.146. The maximum atomic E-state index is 2.83. The van der Waals surface area contributed by atoms with Gasteiger partial charge in [-0.1, -0.05) is 0 Å². The van der Waals surface area contributed by atoms with Crippen LogP contribution in [0.1, 0.15) is 19.3 Å². The monoisotopic (exact) mass is 218 g/mol. The first-order valence-corrected chi connectivity index (χ1v) is 6.90. The van der Waals surface area contributed by atoms with Crippen LogP contribution in [0.4, 0.5) is 0 Å². The zero-order chi connectivity index (χ0) is 10.0. The molecule has 4 nitrogen and oxygen atoms in total. The van der Waals surface area contributed by atoms with Gasteiger partial charge >= 0.3 is 0 Å². The normalized spacial score (nSPS) is 76.5. The van der Waals surface area contributed by atoms with Gasteiger partial charge in [-0.3, -0.25) is 19.6 Å². The van der Waals surface area contributed by atoms with Crippen molar-refractivity contribution in [2.45, 2.75) is 37.8 Å². The SMILES string of the molecule is C1C2CC3CC1C1N4CN5CN(C24)C3N1C5. The molecule has 0 radical (unpaired) electrons. The van der Waals surface area contributed by atoms with Crippen molar-refractivity contribution in [3.8, 4) is 0 Å². The summed E-state index contributed by atoms with van der Waals surface area (Å²) in [6.45, 7) is 3.77. The van der Waals surface area contributed by atoms with E-state index < -0.39 is 0 Å². The molecule has 8 fully saturated rings. The summed E-state index contributed by atoms with van der Waals surface area (Å²) in [7, 11) is 0. The van der Waals surface area contributed by atoms with Gasteiger partial charge in [-0.2, -0.15) is 0 Å². The number of hydrogen-bond donors (Lipinski definition) is 0. The van der Waals surface area contributed by atoms with Gasteiger partial charge < -0.3 is 0 Å². The first-order chi connectivity index (χ1) is 7.90. The Hall–Kier alpha value is -0.160. The summed E-state index contributed by atoms with van der Waals surface area (Å²) in [5.74, 6) is 3.04. The van der Waals surface area contributed by atoms with E-state index in [9.17, 15) is 0 Å². The van der Waals surface area contributed by atoms with E-state index >= 15 is 0 Å². The lowest BCUT2D eigenvalue weighted by atomic mass is 9.61. The van der Waals surface area contributed by atoms with Crippen LogP contribution in [0.5, 0.6) is 0 Å². The van der Waals surface area contributed by atoms with E-state index in [1.54, 1.807) is 0 Å². The lowest BCUT2D eigenvalue weighted by Gasteiger charge is -2.78. The topological polar surface area (TPSA) is 13.0 Å². The molecule has 7 aliphatic heterocycles. The van der Waals surface area contributed by atoms with E-state index in [1.165, 1.54) is 39.3 Å². The lowest BCUT2D eigenvalue weighted by molar-refractivity contribution is -0.379. The third-order valence-electron chi connectivity index (χ3n) is 6.21. The fourth-order valence-corrected chi connectivity index (χ4v) is 6.18. The van der Waals surface area contributed by atoms with Crippen LogP contribution < -0.4 is 0 Å². The Labute approximate surface area is 95.8 Å². The highest BCUT2D eigenvalue weighted by molar-refractivity contribution is 5.14. The Morgan fingerprint density at radius 2 is 0.938 bits per heavy atom. The summed E-state index contributed by atoms with van der Waals surface area (Å²) in [6, 6.07) is 0. The van der Waals surface area contributed by atoms with E-state index in [4.69, 9.17) is 0 Å². The second kappa shape index (κ2) is 2.21. The summed E-state index contributed by atoms with van der Waals surface area (Å²) < 4.78 is 0. The predicted molar refractivity (Wildman–Crippen MR) is 57.6 cm³/mol. The van der Waals surface area contributed by atoms with E-state index in [1.807, 2.05) is 0 Å². The van der Waals surface area contributed by atoms with Crippen molar-refractivity contribution >= 4 is 0 Å². The van der Waals surface area contributed by atoms with Crippen molar-refractivity contribution < 1.29 is 0 Å². The summed E-state index contributed by atoms with van der Waals surface area (Å²) in [6.07, 6.45) is 7.08. The molecule has 0 spiro atoms. The van der Waals surface area contributed by atoms with Gasteiger partial charge in [0.2, 0.25) is 0 Å². The molecular weight excluding hydrogens is 200 g/mol. The molecule has 7 saturated heterocycles. The molecule has 16 heavy (non-hydrogen) atoms. The number of nitrogens with zero attached hydrogens (tertiary/aromatic N) is 4. The summed E-state index contributed by atoms with van der Waals surface area (Å²) in [5, 5.41) is 0. The van der Waals surface area contributed by atoms with Gasteiger partial charge in [0.25, 0.3) is 0 Å². The molecule has 0 unspecified atom stereocenters. The van der Waals surface area contributed by atoms with Crippen LogP contribution in [0.15, 0.2) is 0 Å². The molecule has 4 heteroatoms. The second-order valence-electron chi connectivity index (χ2n) is 6.87. The first-order valence-electron chi connectivity index (χ1n) is 6.90. The van der Waals surface area contributed by atoms with Gasteiger partial charge in [0.15, 0.2) is 0 Å². The van der Waals surface area contributed by atoms with Crippen LogP contribution >= 0.6 is 0 Å². The molecule has 0 amide bonds. The van der Waals surface area contributed by atoms with Crippen molar-refractivity contribution in [3.63, 3.8) is 0 Å². The largest absolute Gasteiger partial charge is 0.264 e. The van der Waals surface area contributed by atoms with Crippen LogP contribution in [0, 0.1) is 17.8 Å². The Balaban J connectivity index is 1.63. The first kappa shape index (κ1) is 8.03. The minimum Gasteiger partial charge on any atom is -0.264 e. The summed E-state index contributed by atoms with van der Waals surface area (Å²) in [4.78, 5) is 11.1. The summed E-state index contributed by atoms with van der Waals surface area (Å²) in [5.41, 5.74) is 0. The third-order valence-corrected chi connectivity index (χ3v) is 6.21. The molecule has 0 N–H and O–H groups in total. The second-order valence-corrected chi connectivity index (χ2v) is 6.87. The zero-order valence-electron chi connectivity index (χ0n) is 9.50. The molecule has 1 saturated carbocycles. The molecule has 0 atom stereocenters. The lowest BCUT2D eigenvalue weighted by Crippen LogP contribution is -2.90. The van der Waals surface area contributed by atoms with Gasteiger partial charge in [-0.05, 0) is 37.0 Å². The molecule has 8 rings (SSSR count). The van der Waals surface area contributed by atoms with E-state index in [0.717, 1.165) is 36.3 Å². The van der Waals surface area contributed by atoms with Gasteiger partial charge in [0.05, 0.1) is 38.5 Å². The van der Waals surface area contributed by atoms with E-state index in [-0.39, 0.29) is 0 Å². The molecule has 1 aliphatic carbocycles. The summed E-state index contributed by atoms with van der Waals surface area (Å²) >= 11 is 0. The highest BCUT2D eigenvalue weighted by atomic mass is 15.7. The third kappa shape index (κ3) is 0.637. The molecule has 7 heterocycles. The zero-order valence-corrected chi connectivity index (χ0v) is 9.50. The highest BCUT2D eigenvalue weighted by Gasteiger charge is 2.67. The van der Waals surface area contributed by atoms with E-state index in [0.29, 0.717) is 0 Å². The molecule has 86 valence electrons. The average molecular weight is 218 g/mol. The van der Waals surface area contributed by atoms with Crippen LogP contribution in [-0.2, 0) is 0 Å². The minimum atomic E-state index is 0.829. The highest BCUT2D eigenvalue weighted by Crippen LogP contribution is 2.59. The van der Waals surface area contributed by atoms with E-state index in [2.05, 4.69) is 19.6 Å². The Morgan fingerprint density at radius 1 is 0.562 bits per heavy atom. The molecule has 0 aromatic carbocycles. The van der Waals surface area contributed by atoms with Crippen LogP contribution in [0.2, 0.25) is 0 Å². The molecule has 0 aromatic heterocycles. The van der Waals surface area contributed by atoms with Gasteiger partial charge in [0, 0.05) is 0 Å². The maximum absolute atomic E-state index is 2.83. The van der Waals surface area contributed by atoms with Crippen LogP contribution in [0.3, 0.4) is 0 Å². The number of hydrogen-bond acceptors (Lipinski definition) is 4. The number of rotatable bonds is 0. The maximum Gasteiger partial charge on any atom is 0.0701 e. The fourth-order valence-electron chi connectivity index (χ4n) is 6.18. The van der Waals surface area contributed by atoms with Gasteiger partial charge in [-0.25, -0.2) is 0 Å². The Kier molecular flexibility index (Phi) is 1.11. The average Bonchev–Trinajstić information content (AvgIpc) is 2.26. The smallest absolute Gasteiger partial charge is 0.0701 e. The van der Waals surface area contributed by atoms with Gasteiger partial charge in [-0.15, -0.1) is 0 Å². The van der Waals surface area contributed by atoms with Crippen LogP contribution in [0.25, 0.3) is 0 Å². The molecule has 8 aliphatic rings. The van der Waals surface area contributed by atoms with Crippen molar-refractivity contribution in [3.05, 3.63) is 0 Å². The molecule has 0 aromatic rings. The van der Waals surface area contributed by atoms with Crippen molar-refractivity contribution in [1.29, 1.82) is 0 Å². The Bertz CT molecular complexity index is 310. The molecule has 10 bridgehead atoms. The van der Waals surface area contributed by atoms with Crippen molar-refractivity contribution in [2.24, 2.45) is 17.8 Å². The fraction of sp³-hybridized carbons (Fsp3) is 1.00. The minimum absolute atomic E-state index is 0.829. The standard InChI is InChI=1S/C12H18N4/c1-7-2-9-3-8(1)11-14-4-13-5-15(10(7)14)12(9)16(11)6-13/h7-12H,1-6H2. The molecular formula is C12H18N4. The van der Waals surface area contributed by atoms with Crippen molar-refractivity contribution in [2.75, 3.05) is 20.0 Å². The quantitative estimate of drug-likeness (QED) is 0.573.